The smallest absolute Gasteiger partial charge is 0.126 e. The molecule has 2 aromatic rings. The SMILES string of the molecule is CCCNC(C)c1ccc(-c2cc(C)ccc2OC)cc1. The zero-order valence-electron chi connectivity index (χ0n) is 13.4. The normalized spacial score (nSPS) is 12.2. The van der Waals surface area contributed by atoms with Crippen molar-refractivity contribution in [2.24, 2.45) is 0 Å². The van der Waals surface area contributed by atoms with E-state index in [2.05, 4.69) is 62.5 Å². The molecule has 2 nitrogen and oxygen atoms in total. The molecule has 2 rings (SSSR count). The zero-order valence-corrected chi connectivity index (χ0v) is 13.4. The van der Waals surface area contributed by atoms with Crippen molar-refractivity contribution in [1.82, 2.24) is 5.32 Å². The third kappa shape index (κ3) is 3.85. The first kappa shape index (κ1) is 15.6. The maximum atomic E-state index is 5.47. The summed E-state index contributed by atoms with van der Waals surface area (Å²) in [5, 5.41) is 3.51. The molecule has 1 atom stereocenters. The van der Waals surface area contributed by atoms with Gasteiger partial charge in [-0.05, 0) is 50.1 Å². The van der Waals surface area contributed by atoms with Gasteiger partial charge in [0.1, 0.15) is 5.75 Å². The second kappa shape index (κ2) is 7.28. The molecule has 0 amide bonds. The molecular weight excluding hydrogens is 258 g/mol. The standard InChI is InChI=1S/C19H25NO/c1-5-12-20-15(3)16-7-9-17(10-8-16)18-13-14(2)6-11-19(18)21-4/h6-11,13,15,20H,5,12H2,1-4H3. The fourth-order valence-corrected chi connectivity index (χ4v) is 2.48. The third-order valence-electron chi connectivity index (χ3n) is 3.78. The van der Waals surface area contributed by atoms with Gasteiger partial charge in [-0.25, -0.2) is 0 Å². The number of rotatable bonds is 6. The highest BCUT2D eigenvalue weighted by molar-refractivity contribution is 5.71. The Kier molecular flexibility index (Phi) is 5.40. The van der Waals surface area contributed by atoms with Crippen molar-refractivity contribution in [3.63, 3.8) is 0 Å². The number of aryl methyl sites for hydroxylation is 1. The molecule has 0 saturated heterocycles. The first-order chi connectivity index (χ1) is 10.2. The van der Waals surface area contributed by atoms with Gasteiger partial charge in [-0.3, -0.25) is 0 Å². The molecule has 112 valence electrons. The van der Waals surface area contributed by atoms with Gasteiger partial charge in [0.25, 0.3) is 0 Å². The number of methoxy groups -OCH3 is 1. The Morgan fingerprint density at radius 1 is 1.10 bits per heavy atom. The summed E-state index contributed by atoms with van der Waals surface area (Å²) in [5.41, 5.74) is 4.91. The maximum absolute atomic E-state index is 5.47. The van der Waals surface area contributed by atoms with Gasteiger partial charge in [0, 0.05) is 11.6 Å². The van der Waals surface area contributed by atoms with E-state index in [9.17, 15) is 0 Å². The van der Waals surface area contributed by atoms with Crippen molar-refractivity contribution in [2.75, 3.05) is 13.7 Å². The third-order valence-corrected chi connectivity index (χ3v) is 3.78. The molecule has 0 saturated carbocycles. The Bertz CT molecular complexity index is 575. The molecule has 1 N–H and O–H groups in total. The molecule has 0 aliphatic carbocycles. The highest BCUT2D eigenvalue weighted by Gasteiger charge is 2.08. The quantitative estimate of drug-likeness (QED) is 0.827. The van der Waals surface area contributed by atoms with Gasteiger partial charge in [0.05, 0.1) is 7.11 Å². The molecule has 0 aromatic heterocycles. The largest absolute Gasteiger partial charge is 0.496 e. The van der Waals surface area contributed by atoms with Gasteiger partial charge in [0.15, 0.2) is 0 Å². The topological polar surface area (TPSA) is 21.3 Å². The van der Waals surface area contributed by atoms with Crippen molar-refractivity contribution >= 4 is 0 Å². The molecule has 0 heterocycles. The lowest BCUT2D eigenvalue weighted by atomic mass is 9.99. The maximum Gasteiger partial charge on any atom is 0.126 e. The van der Waals surface area contributed by atoms with Crippen molar-refractivity contribution in [1.29, 1.82) is 0 Å². The van der Waals surface area contributed by atoms with Crippen LogP contribution in [0.25, 0.3) is 11.1 Å². The zero-order chi connectivity index (χ0) is 15.2. The van der Waals surface area contributed by atoms with Gasteiger partial charge < -0.3 is 10.1 Å². The van der Waals surface area contributed by atoms with Crippen molar-refractivity contribution in [3.8, 4) is 16.9 Å². The molecule has 0 bridgehead atoms. The summed E-state index contributed by atoms with van der Waals surface area (Å²) >= 11 is 0. The van der Waals surface area contributed by atoms with Crippen LogP contribution in [0.15, 0.2) is 42.5 Å². The molecule has 0 aliphatic rings. The molecule has 21 heavy (non-hydrogen) atoms. The molecule has 1 unspecified atom stereocenters. The van der Waals surface area contributed by atoms with Gasteiger partial charge in [-0.1, -0.05) is 42.8 Å². The van der Waals surface area contributed by atoms with E-state index in [1.165, 1.54) is 16.7 Å². The Hall–Kier alpha value is -1.80. The van der Waals surface area contributed by atoms with Crippen LogP contribution in [0.5, 0.6) is 5.75 Å². The average Bonchev–Trinajstić information content (AvgIpc) is 2.52. The van der Waals surface area contributed by atoms with Crippen LogP contribution in [0.1, 0.15) is 37.4 Å². The van der Waals surface area contributed by atoms with E-state index < -0.39 is 0 Å². The van der Waals surface area contributed by atoms with Gasteiger partial charge in [-0.2, -0.15) is 0 Å². The van der Waals surface area contributed by atoms with Crippen LogP contribution in [0.3, 0.4) is 0 Å². The van der Waals surface area contributed by atoms with Crippen LogP contribution in [-0.2, 0) is 0 Å². The molecule has 0 spiro atoms. The molecule has 2 heteroatoms. The Morgan fingerprint density at radius 3 is 2.43 bits per heavy atom. The van der Waals surface area contributed by atoms with E-state index in [4.69, 9.17) is 4.74 Å². The van der Waals surface area contributed by atoms with Gasteiger partial charge in [-0.15, -0.1) is 0 Å². The summed E-state index contributed by atoms with van der Waals surface area (Å²) in [6.45, 7) is 7.55. The lowest BCUT2D eigenvalue weighted by molar-refractivity contribution is 0.416. The van der Waals surface area contributed by atoms with Crippen LogP contribution in [0, 0.1) is 6.92 Å². The summed E-state index contributed by atoms with van der Waals surface area (Å²) in [6, 6.07) is 15.4. The Balaban J connectivity index is 2.24. The molecule has 0 aliphatic heterocycles. The Labute approximate surface area is 128 Å². The van der Waals surface area contributed by atoms with Crippen molar-refractivity contribution in [2.45, 2.75) is 33.2 Å². The van der Waals surface area contributed by atoms with Gasteiger partial charge >= 0.3 is 0 Å². The minimum atomic E-state index is 0.387. The number of benzene rings is 2. The minimum Gasteiger partial charge on any atom is -0.496 e. The van der Waals surface area contributed by atoms with Crippen molar-refractivity contribution < 1.29 is 4.74 Å². The molecule has 0 radical (unpaired) electrons. The minimum absolute atomic E-state index is 0.387. The van der Waals surface area contributed by atoms with E-state index in [0.29, 0.717) is 6.04 Å². The highest BCUT2D eigenvalue weighted by Crippen LogP contribution is 2.31. The average molecular weight is 283 g/mol. The highest BCUT2D eigenvalue weighted by atomic mass is 16.5. The number of hydrogen-bond acceptors (Lipinski definition) is 2. The summed E-state index contributed by atoms with van der Waals surface area (Å²) in [6.07, 6.45) is 1.16. The van der Waals surface area contributed by atoms with Crippen LogP contribution < -0.4 is 10.1 Å². The fraction of sp³-hybridized carbons (Fsp3) is 0.368. The van der Waals surface area contributed by atoms with E-state index in [1.807, 2.05) is 6.07 Å². The number of hydrogen-bond donors (Lipinski definition) is 1. The predicted octanol–water partition coefficient (Wildman–Crippen LogP) is 4.73. The lowest BCUT2D eigenvalue weighted by Crippen LogP contribution is -2.19. The first-order valence-electron chi connectivity index (χ1n) is 7.64. The van der Waals surface area contributed by atoms with E-state index in [0.717, 1.165) is 24.3 Å². The second-order valence-corrected chi connectivity index (χ2v) is 5.50. The lowest BCUT2D eigenvalue weighted by Gasteiger charge is -2.15. The van der Waals surface area contributed by atoms with Crippen LogP contribution in [0.2, 0.25) is 0 Å². The summed E-state index contributed by atoms with van der Waals surface area (Å²) in [7, 11) is 1.72. The van der Waals surface area contributed by atoms with Gasteiger partial charge in [0.2, 0.25) is 0 Å². The van der Waals surface area contributed by atoms with E-state index >= 15 is 0 Å². The van der Waals surface area contributed by atoms with E-state index in [-0.39, 0.29) is 0 Å². The predicted molar refractivity (Wildman–Crippen MR) is 89.9 cm³/mol. The number of nitrogens with one attached hydrogen (secondary N) is 1. The number of ether oxygens (including phenoxy) is 1. The van der Waals surface area contributed by atoms with Crippen LogP contribution >= 0.6 is 0 Å². The van der Waals surface area contributed by atoms with E-state index in [1.54, 1.807) is 7.11 Å². The Morgan fingerprint density at radius 2 is 1.81 bits per heavy atom. The fourth-order valence-electron chi connectivity index (χ4n) is 2.48. The monoisotopic (exact) mass is 283 g/mol. The molecular formula is C19H25NO. The summed E-state index contributed by atoms with van der Waals surface area (Å²) in [4.78, 5) is 0. The molecule has 2 aromatic carbocycles. The summed E-state index contributed by atoms with van der Waals surface area (Å²) in [5.74, 6) is 0.922. The van der Waals surface area contributed by atoms with Crippen LogP contribution in [0.4, 0.5) is 0 Å². The van der Waals surface area contributed by atoms with Crippen LogP contribution in [-0.4, -0.2) is 13.7 Å². The first-order valence-corrected chi connectivity index (χ1v) is 7.64. The summed E-state index contributed by atoms with van der Waals surface area (Å²) < 4.78 is 5.47. The second-order valence-electron chi connectivity index (χ2n) is 5.50. The van der Waals surface area contributed by atoms with Crippen molar-refractivity contribution in [3.05, 3.63) is 53.6 Å². The molecule has 0 fully saturated rings.